The first-order chi connectivity index (χ1) is 10.1. The van der Waals surface area contributed by atoms with Gasteiger partial charge in [-0.05, 0) is 18.6 Å². The Kier molecular flexibility index (Phi) is 5.58. The minimum atomic E-state index is -0.699. The number of amides is 1. The Morgan fingerprint density at radius 1 is 1.52 bits per heavy atom. The van der Waals surface area contributed by atoms with E-state index in [-0.39, 0.29) is 18.1 Å². The molecule has 7 heteroatoms. The third-order valence-electron chi connectivity index (χ3n) is 3.35. The highest BCUT2D eigenvalue weighted by Gasteiger charge is 2.36. The van der Waals surface area contributed by atoms with Gasteiger partial charge in [0.15, 0.2) is 0 Å². The Labute approximate surface area is 127 Å². The van der Waals surface area contributed by atoms with Gasteiger partial charge < -0.3 is 14.7 Å². The van der Waals surface area contributed by atoms with Gasteiger partial charge in [-0.15, -0.1) is 0 Å². The van der Waals surface area contributed by atoms with Crippen LogP contribution in [0.5, 0.6) is 0 Å². The fourth-order valence-electron chi connectivity index (χ4n) is 2.26. The van der Waals surface area contributed by atoms with Crippen molar-refractivity contribution in [2.24, 2.45) is 0 Å². The maximum Gasteiger partial charge on any atom is 0.328 e. The first kappa shape index (κ1) is 15.8. The second-order valence-corrected chi connectivity index (χ2v) is 5.76. The minimum absolute atomic E-state index is 0.145. The van der Waals surface area contributed by atoms with Crippen molar-refractivity contribution in [1.29, 1.82) is 0 Å². The van der Waals surface area contributed by atoms with Gasteiger partial charge in [-0.2, -0.15) is 0 Å². The van der Waals surface area contributed by atoms with Crippen LogP contribution < -0.4 is 0 Å². The maximum absolute atomic E-state index is 12.3. The molecule has 21 heavy (non-hydrogen) atoms. The summed E-state index contributed by atoms with van der Waals surface area (Å²) in [6.07, 6.45) is 1.81. The summed E-state index contributed by atoms with van der Waals surface area (Å²) >= 11 is 1.33. The molecule has 1 aromatic rings. The molecular weight excluding hydrogens is 292 g/mol. The number of likely N-dealkylation sites (tertiary alicyclic amines) is 1. The van der Waals surface area contributed by atoms with E-state index < -0.39 is 18.1 Å². The first-order valence-electron chi connectivity index (χ1n) is 6.71. The minimum Gasteiger partial charge on any atom is -0.467 e. The number of esters is 1. The fraction of sp³-hybridized carbons (Fsp3) is 0.500. The molecule has 0 unspecified atom stereocenters. The van der Waals surface area contributed by atoms with Crippen molar-refractivity contribution in [3.05, 3.63) is 24.4 Å². The Hall–Kier alpha value is -1.60. The monoisotopic (exact) mass is 310 g/mol. The number of thioether (sulfide) groups is 1. The molecular formula is C14H18N2O4S. The highest BCUT2D eigenvalue weighted by Crippen LogP contribution is 2.21. The van der Waals surface area contributed by atoms with Crippen LogP contribution in [0.3, 0.4) is 0 Å². The van der Waals surface area contributed by atoms with Gasteiger partial charge in [0.1, 0.15) is 6.04 Å². The van der Waals surface area contributed by atoms with Crippen molar-refractivity contribution in [2.45, 2.75) is 30.0 Å². The zero-order valence-electron chi connectivity index (χ0n) is 11.8. The SMILES string of the molecule is COC(=O)[C@@H]1C[C@H](O)CCN1C(=O)CSc1ccccn1. The van der Waals surface area contributed by atoms with Crippen molar-refractivity contribution in [2.75, 3.05) is 19.4 Å². The average Bonchev–Trinajstić information content (AvgIpc) is 2.52. The Bertz CT molecular complexity index is 497. The van der Waals surface area contributed by atoms with E-state index in [1.807, 2.05) is 18.2 Å². The maximum atomic E-state index is 12.3. The van der Waals surface area contributed by atoms with Gasteiger partial charge >= 0.3 is 5.97 Å². The van der Waals surface area contributed by atoms with Crippen LogP contribution in [0.25, 0.3) is 0 Å². The van der Waals surface area contributed by atoms with Crippen molar-refractivity contribution < 1.29 is 19.4 Å². The summed E-state index contributed by atoms with van der Waals surface area (Å²) in [4.78, 5) is 29.7. The Morgan fingerprint density at radius 2 is 2.33 bits per heavy atom. The quantitative estimate of drug-likeness (QED) is 0.651. The predicted octanol–water partition coefficient (Wildman–Crippen LogP) is 0.699. The molecule has 1 saturated heterocycles. The standard InChI is InChI=1S/C14H18N2O4S/c1-20-14(19)11-8-10(17)5-7-16(11)13(18)9-21-12-4-2-3-6-15-12/h2-4,6,10-11,17H,5,7-9H2,1H3/t10-,11+/m1/s1. The zero-order chi connectivity index (χ0) is 15.2. The van der Waals surface area contributed by atoms with E-state index in [0.29, 0.717) is 13.0 Å². The molecule has 1 aliphatic heterocycles. The van der Waals surface area contributed by atoms with E-state index in [4.69, 9.17) is 4.74 Å². The van der Waals surface area contributed by atoms with Gasteiger partial charge in [-0.3, -0.25) is 4.79 Å². The van der Waals surface area contributed by atoms with Crippen LogP contribution in [0.2, 0.25) is 0 Å². The van der Waals surface area contributed by atoms with Gasteiger partial charge in [-0.25, -0.2) is 9.78 Å². The summed E-state index contributed by atoms with van der Waals surface area (Å²) in [5, 5.41) is 10.4. The summed E-state index contributed by atoms with van der Waals surface area (Å²) in [6.45, 7) is 0.364. The molecule has 2 atom stereocenters. The van der Waals surface area contributed by atoms with Crippen molar-refractivity contribution >= 4 is 23.6 Å². The van der Waals surface area contributed by atoms with E-state index >= 15 is 0 Å². The van der Waals surface area contributed by atoms with E-state index in [2.05, 4.69) is 4.98 Å². The fourth-order valence-corrected chi connectivity index (χ4v) is 3.00. The number of pyridine rings is 1. The van der Waals surface area contributed by atoms with Crippen molar-refractivity contribution in [3.63, 3.8) is 0 Å². The molecule has 0 saturated carbocycles. The number of nitrogens with zero attached hydrogens (tertiary/aromatic N) is 2. The normalized spacial score (nSPS) is 21.9. The molecule has 2 heterocycles. The van der Waals surface area contributed by atoms with Gasteiger partial charge in [0.25, 0.3) is 0 Å². The number of ether oxygens (including phenoxy) is 1. The second-order valence-electron chi connectivity index (χ2n) is 4.76. The summed E-state index contributed by atoms with van der Waals surface area (Å²) in [6, 6.07) is 4.80. The predicted molar refractivity (Wildman–Crippen MR) is 77.7 cm³/mol. The molecule has 1 aromatic heterocycles. The number of carbonyl (C=O) groups is 2. The van der Waals surface area contributed by atoms with E-state index in [0.717, 1.165) is 5.03 Å². The number of hydrogen-bond donors (Lipinski definition) is 1. The number of aliphatic hydroxyl groups is 1. The smallest absolute Gasteiger partial charge is 0.328 e. The largest absolute Gasteiger partial charge is 0.467 e. The molecule has 2 rings (SSSR count). The van der Waals surface area contributed by atoms with Crippen molar-refractivity contribution in [3.8, 4) is 0 Å². The zero-order valence-corrected chi connectivity index (χ0v) is 12.6. The summed E-state index contributed by atoms with van der Waals surface area (Å²) in [5.74, 6) is -0.418. The lowest BCUT2D eigenvalue weighted by Crippen LogP contribution is -2.52. The highest BCUT2D eigenvalue weighted by molar-refractivity contribution is 7.99. The third kappa shape index (κ3) is 4.18. The highest BCUT2D eigenvalue weighted by atomic mass is 32.2. The van der Waals surface area contributed by atoms with Crippen LogP contribution in [0.4, 0.5) is 0 Å². The molecule has 1 fully saturated rings. The molecule has 0 aliphatic carbocycles. The number of carbonyl (C=O) groups excluding carboxylic acids is 2. The van der Waals surface area contributed by atoms with Crippen LogP contribution >= 0.6 is 11.8 Å². The van der Waals surface area contributed by atoms with E-state index in [9.17, 15) is 14.7 Å². The van der Waals surface area contributed by atoms with Gasteiger partial charge in [0.2, 0.25) is 5.91 Å². The molecule has 0 bridgehead atoms. The molecule has 1 N–H and O–H groups in total. The summed E-state index contributed by atoms with van der Waals surface area (Å²) in [5.41, 5.74) is 0. The molecule has 1 amide bonds. The number of hydrogen-bond acceptors (Lipinski definition) is 6. The summed E-state index contributed by atoms with van der Waals surface area (Å²) < 4.78 is 4.72. The molecule has 0 spiro atoms. The van der Waals surface area contributed by atoms with Crippen LogP contribution in [0.1, 0.15) is 12.8 Å². The third-order valence-corrected chi connectivity index (χ3v) is 4.28. The number of piperidine rings is 1. The van der Waals surface area contributed by atoms with Crippen LogP contribution in [-0.4, -0.2) is 58.4 Å². The van der Waals surface area contributed by atoms with Crippen LogP contribution in [-0.2, 0) is 14.3 Å². The molecule has 0 radical (unpaired) electrons. The lowest BCUT2D eigenvalue weighted by atomic mass is 9.99. The van der Waals surface area contributed by atoms with E-state index in [1.165, 1.54) is 23.8 Å². The molecule has 6 nitrogen and oxygen atoms in total. The van der Waals surface area contributed by atoms with Gasteiger partial charge in [-0.1, -0.05) is 17.8 Å². The topological polar surface area (TPSA) is 79.7 Å². The average molecular weight is 310 g/mol. The molecule has 114 valence electrons. The van der Waals surface area contributed by atoms with Crippen LogP contribution in [0.15, 0.2) is 29.4 Å². The van der Waals surface area contributed by atoms with Gasteiger partial charge in [0.05, 0.1) is 24.0 Å². The van der Waals surface area contributed by atoms with Crippen LogP contribution in [0, 0.1) is 0 Å². The van der Waals surface area contributed by atoms with Gasteiger partial charge in [0, 0.05) is 19.2 Å². The van der Waals surface area contributed by atoms with Crippen molar-refractivity contribution in [1.82, 2.24) is 9.88 Å². The molecule has 1 aliphatic rings. The Morgan fingerprint density at radius 3 is 3.00 bits per heavy atom. The number of aliphatic hydroxyl groups excluding tert-OH is 1. The summed E-state index contributed by atoms with van der Waals surface area (Å²) in [7, 11) is 1.29. The number of methoxy groups -OCH3 is 1. The number of rotatable bonds is 4. The lowest BCUT2D eigenvalue weighted by Gasteiger charge is -2.36. The number of aromatic nitrogens is 1. The molecule has 0 aromatic carbocycles. The first-order valence-corrected chi connectivity index (χ1v) is 7.69. The van der Waals surface area contributed by atoms with E-state index in [1.54, 1.807) is 6.20 Å². The lowest BCUT2D eigenvalue weighted by molar-refractivity contribution is -0.156. The second kappa shape index (κ2) is 7.42. The Balaban J connectivity index is 1.97.